The first-order valence-corrected chi connectivity index (χ1v) is 6.75. The van der Waals surface area contributed by atoms with Crippen LogP contribution in [0, 0.1) is 3.57 Å². The molecule has 0 unspecified atom stereocenters. The van der Waals surface area contributed by atoms with Gasteiger partial charge < -0.3 is 16.2 Å². The lowest BCUT2D eigenvalue weighted by molar-refractivity contribution is 0.0697. The molecule has 0 saturated carbocycles. The molecule has 2 rings (SSSR count). The first-order valence-electron chi connectivity index (χ1n) is 5.67. The molecule has 0 saturated heterocycles. The number of nitrogens with one attached hydrogen (secondary N) is 1. The SMILES string of the molecule is Nc1cc(C(=O)O)ccc1NC(=O)c1ccccc1I. The van der Waals surface area contributed by atoms with Crippen LogP contribution < -0.4 is 11.1 Å². The maximum absolute atomic E-state index is 12.1. The second-order valence-corrected chi connectivity index (χ2v) is 5.20. The fraction of sp³-hybridized carbons (Fsp3) is 0. The van der Waals surface area contributed by atoms with Gasteiger partial charge in [0.2, 0.25) is 0 Å². The molecule has 0 heterocycles. The summed E-state index contributed by atoms with van der Waals surface area (Å²) in [5, 5.41) is 11.5. The molecular formula is C14H11IN2O3. The molecule has 0 aliphatic rings. The van der Waals surface area contributed by atoms with Crippen LogP contribution in [0.1, 0.15) is 20.7 Å². The van der Waals surface area contributed by atoms with Gasteiger partial charge in [-0.15, -0.1) is 0 Å². The van der Waals surface area contributed by atoms with Crippen molar-refractivity contribution >= 4 is 45.8 Å². The summed E-state index contributed by atoms with van der Waals surface area (Å²) in [5.41, 5.74) is 6.96. The largest absolute Gasteiger partial charge is 0.478 e. The molecule has 0 aliphatic heterocycles. The van der Waals surface area contributed by atoms with Crippen molar-refractivity contribution in [3.05, 3.63) is 57.2 Å². The number of carboxylic acids is 1. The maximum atomic E-state index is 12.1. The van der Waals surface area contributed by atoms with E-state index in [9.17, 15) is 9.59 Å². The van der Waals surface area contributed by atoms with Gasteiger partial charge in [0.15, 0.2) is 0 Å². The van der Waals surface area contributed by atoms with Crippen LogP contribution in [0.2, 0.25) is 0 Å². The summed E-state index contributed by atoms with van der Waals surface area (Å²) in [5.74, 6) is -1.35. The Morgan fingerprint density at radius 3 is 2.45 bits per heavy atom. The summed E-state index contributed by atoms with van der Waals surface area (Å²) in [6.45, 7) is 0. The first-order chi connectivity index (χ1) is 9.49. The lowest BCUT2D eigenvalue weighted by Crippen LogP contribution is -2.14. The Morgan fingerprint density at radius 2 is 1.85 bits per heavy atom. The Balaban J connectivity index is 2.25. The van der Waals surface area contributed by atoms with Gasteiger partial charge in [-0.3, -0.25) is 4.79 Å². The number of amides is 1. The second kappa shape index (κ2) is 5.91. The highest BCUT2D eigenvalue weighted by Crippen LogP contribution is 2.21. The molecule has 0 aromatic heterocycles. The van der Waals surface area contributed by atoms with Gasteiger partial charge >= 0.3 is 5.97 Å². The third-order valence-corrected chi connectivity index (χ3v) is 3.61. The number of nitrogen functional groups attached to an aromatic ring is 1. The Labute approximate surface area is 128 Å². The highest BCUT2D eigenvalue weighted by Gasteiger charge is 2.12. The summed E-state index contributed by atoms with van der Waals surface area (Å²) in [6.07, 6.45) is 0. The summed E-state index contributed by atoms with van der Waals surface area (Å²) in [7, 11) is 0. The van der Waals surface area contributed by atoms with E-state index in [4.69, 9.17) is 10.8 Å². The smallest absolute Gasteiger partial charge is 0.335 e. The standard InChI is InChI=1S/C14H11IN2O3/c15-10-4-2-1-3-9(10)13(18)17-12-6-5-8(14(19)20)7-11(12)16/h1-7H,16H2,(H,17,18)(H,19,20). The number of benzene rings is 2. The lowest BCUT2D eigenvalue weighted by atomic mass is 10.1. The predicted molar refractivity (Wildman–Crippen MR) is 84.9 cm³/mol. The van der Waals surface area contributed by atoms with Gasteiger partial charge in [-0.25, -0.2) is 4.79 Å². The van der Waals surface area contributed by atoms with Crippen molar-refractivity contribution in [2.24, 2.45) is 0 Å². The van der Waals surface area contributed by atoms with Crippen LogP contribution in [0.25, 0.3) is 0 Å². The number of rotatable bonds is 3. The third kappa shape index (κ3) is 3.08. The zero-order valence-electron chi connectivity index (χ0n) is 10.3. The summed E-state index contributed by atoms with van der Waals surface area (Å²) in [4.78, 5) is 22.9. The highest BCUT2D eigenvalue weighted by molar-refractivity contribution is 14.1. The Bertz CT molecular complexity index is 686. The van der Waals surface area contributed by atoms with Crippen LogP contribution in [0.15, 0.2) is 42.5 Å². The zero-order valence-corrected chi connectivity index (χ0v) is 12.4. The van der Waals surface area contributed by atoms with Crippen LogP contribution in [0.5, 0.6) is 0 Å². The number of carbonyl (C=O) groups excluding carboxylic acids is 1. The van der Waals surface area contributed by atoms with E-state index in [1.807, 2.05) is 12.1 Å². The minimum atomic E-state index is -1.06. The minimum Gasteiger partial charge on any atom is -0.478 e. The molecule has 5 nitrogen and oxygen atoms in total. The van der Waals surface area contributed by atoms with Crippen molar-refractivity contribution in [3.63, 3.8) is 0 Å². The summed E-state index contributed by atoms with van der Waals surface area (Å²) < 4.78 is 0.823. The molecule has 0 fully saturated rings. The number of aromatic carboxylic acids is 1. The number of carbonyl (C=O) groups is 2. The molecule has 0 atom stereocenters. The predicted octanol–water partition coefficient (Wildman–Crippen LogP) is 2.82. The van der Waals surface area contributed by atoms with Crippen molar-refractivity contribution < 1.29 is 14.7 Å². The van der Waals surface area contributed by atoms with Crippen LogP contribution >= 0.6 is 22.6 Å². The van der Waals surface area contributed by atoms with E-state index < -0.39 is 5.97 Å². The maximum Gasteiger partial charge on any atom is 0.335 e. The van der Waals surface area contributed by atoms with Gasteiger partial charge in [0.05, 0.1) is 22.5 Å². The van der Waals surface area contributed by atoms with Crippen LogP contribution in [-0.2, 0) is 0 Å². The lowest BCUT2D eigenvalue weighted by Gasteiger charge is -2.09. The molecule has 2 aromatic rings. The Hall–Kier alpha value is -2.09. The molecule has 20 heavy (non-hydrogen) atoms. The van der Waals surface area contributed by atoms with Crippen LogP contribution in [-0.4, -0.2) is 17.0 Å². The monoisotopic (exact) mass is 382 g/mol. The van der Waals surface area contributed by atoms with Crippen molar-refractivity contribution in [2.45, 2.75) is 0 Å². The van der Waals surface area contributed by atoms with Crippen molar-refractivity contribution in [1.29, 1.82) is 0 Å². The molecule has 0 radical (unpaired) electrons. The van der Waals surface area contributed by atoms with E-state index in [2.05, 4.69) is 27.9 Å². The minimum absolute atomic E-state index is 0.0785. The Morgan fingerprint density at radius 1 is 1.15 bits per heavy atom. The fourth-order valence-corrected chi connectivity index (χ4v) is 2.28. The highest BCUT2D eigenvalue weighted by atomic mass is 127. The topological polar surface area (TPSA) is 92.4 Å². The van der Waals surface area contributed by atoms with E-state index in [-0.39, 0.29) is 17.2 Å². The summed E-state index contributed by atoms with van der Waals surface area (Å²) >= 11 is 2.07. The van der Waals surface area contributed by atoms with Gasteiger partial charge in [-0.1, -0.05) is 12.1 Å². The number of nitrogens with two attached hydrogens (primary N) is 1. The van der Waals surface area contributed by atoms with Crippen molar-refractivity contribution in [1.82, 2.24) is 0 Å². The number of halogens is 1. The van der Waals surface area contributed by atoms with E-state index in [1.165, 1.54) is 18.2 Å². The van der Waals surface area contributed by atoms with E-state index >= 15 is 0 Å². The van der Waals surface area contributed by atoms with Crippen LogP contribution in [0.4, 0.5) is 11.4 Å². The zero-order chi connectivity index (χ0) is 14.7. The van der Waals surface area contributed by atoms with Gasteiger partial charge in [-0.2, -0.15) is 0 Å². The van der Waals surface area contributed by atoms with Crippen molar-refractivity contribution in [3.8, 4) is 0 Å². The second-order valence-electron chi connectivity index (χ2n) is 4.04. The first kappa shape index (κ1) is 14.3. The third-order valence-electron chi connectivity index (χ3n) is 2.67. The number of anilines is 2. The normalized spacial score (nSPS) is 10.1. The number of carboxylic acid groups (broad SMARTS) is 1. The average Bonchev–Trinajstić information content (AvgIpc) is 2.41. The Kier molecular flexibility index (Phi) is 4.23. The van der Waals surface area contributed by atoms with Gasteiger partial charge in [-0.05, 0) is 52.9 Å². The number of hydrogen-bond donors (Lipinski definition) is 3. The molecule has 4 N–H and O–H groups in total. The molecule has 0 bridgehead atoms. The van der Waals surface area contributed by atoms with Gasteiger partial charge in [0, 0.05) is 3.57 Å². The molecule has 2 aromatic carbocycles. The van der Waals surface area contributed by atoms with Crippen molar-refractivity contribution in [2.75, 3.05) is 11.1 Å². The van der Waals surface area contributed by atoms with Gasteiger partial charge in [0.25, 0.3) is 5.91 Å². The molecule has 102 valence electrons. The molecular weight excluding hydrogens is 371 g/mol. The van der Waals surface area contributed by atoms with E-state index in [0.29, 0.717) is 11.3 Å². The quantitative estimate of drug-likeness (QED) is 0.562. The molecule has 1 amide bonds. The molecule has 6 heteroatoms. The van der Waals surface area contributed by atoms with E-state index in [0.717, 1.165) is 3.57 Å². The average molecular weight is 382 g/mol. The fourth-order valence-electron chi connectivity index (χ4n) is 1.64. The number of hydrogen-bond acceptors (Lipinski definition) is 3. The van der Waals surface area contributed by atoms with Gasteiger partial charge in [0.1, 0.15) is 0 Å². The molecule has 0 spiro atoms. The molecule has 0 aliphatic carbocycles. The van der Waals surface area contributed by atoms with E-state index in [1.54, 1.807) is 12.1 Å². The summed E-state index contributed by atoms with van der Waals surface area (Å²) in [6, 6.07) is 11.3. The van der Waals surface area contributed by atoms with Crippen LogP contribution in [0.3, 0.4) is 0 Å².